The number of nitrogens with zero attached hydrogens (tertiary/aromatic N) is 2. The van der Waals surface area contributed by atoms with Crippen LogP contribution in [0.2, 0.25) is 0 Å². The fourth-order valence-corrected chi connectivity index (χ4v) is 6.08. The Kier molecular flexibility index (Phi) is 32.7. The summed E-state index contributed by atoms with van der Waals surface area (Å²) in [6.45, 7) is 18.2. The van der Waals surface area contributed by atoms with Crippen LogP contribution in [0.4, 0.5) is 0 Å². The normalized spacial score (nSPS) is 11.8. The Morgan fingerprint density at radius 3 is 1.65 bits per heavy atom. The minimum atomic E-state index is 0. The molecule has 0 saturated heterocycles. The molecule has 1 heterocycles. The minimum Gasteiger partial charge on any atom is -0.493 e. The summed E-state index contributed by atoms with van der Waals surface area (Å²) in [5.74, 6) is 6.82. The molecule has 2 nitrogen and oxygen atoms in total. The summed E-state index contributed by atoms with van der Waals surface area (Å²) in [5.41, 5.74) is 19.8. The van der Waals surface area contributed by atoms with Crippen LogP contribution in [0.15, 0.2) is 60.2 Å². The van der Waals surface area contributed by atoms with E-state index in [2.05, 4.69) is 115 Å². The number of hydrogen-bond acceptors (Lipinski definition) is 0. The van der Waals surface area contributed by atoms with E-state index in [1.165, 1.54) is 118 Å². The van der Waals surface area contributed by atoms with Gasteiger partial charge in [-0.15, -0.1) is 11.8 Å². The average Bonchev–Trinajstić information content (AvgIpc) is 3.49. The summed E-state index contributed by atoms with van der Waals surface area (Å²) in [7, 11) is 0. The smallest absolute Gasteiger partial charge is 0.493 e. The Morgan fingerprint density at radius 2 is 1.06 bits per heavy atom. The Bertz CT molecular complexity index is 1280. The summed E-state index contributed by atoms with van der Waals surface area (Å²) in [6.07, 6.45) is 30.8. The maximum Gasteiger partial charge on any atom is 2.00 e. The number of allylic oxidation sites excluding steroid dienone is 2. The van der Waals surface area contributed by atoms with Crippen molar-refractivity contribution in [3.05, 3.63) is 102 Å². The van der Waals surface area contributed by atoms with Crippen LogP contribution in [-0.4, -0.2) is 4.70 Å². The molecule has 292 valence electrons. The average molecular weight is 752 g/mol. The van der Waals surface area contributed by atoms with Crippen molar-refractivity contribution < 1.29 is 21.2 Å². The van der Waals surface area contributed by atoms with Crippen LogP contribution in [-0.2, 0) is 29.3 Å². The van der Waals surface area contributed by atoms with Crippen LogP contribution in [0.1, 0.15) is 198 Å². The molecule has 0 saturated carbocycles. The van der Waals surface area contributed by atoms with Crippen molar-refractivity contribution in [2.24, 2.45) is 0 Å². The van der Waals surface area contributed by atoms with Gasteiger partial charge in [0.1, 0.15) is 0 Å². The number of rotatable bonds is 23. The van der Waals surface area contributed by atoms with Gasteiger partial charge < -0.3 is 19.4 Å². The molecule has 0 aliphatic carbocycles. The van der Waals surface area contributed by atoms with Gasteiger partial charge in [-0.25, -0.2) is 4.70 Å². The fraction of sp³-hybridized carbons (Fsp3) is 0.592. The monoisotopic (exact) mass is 751 g/mol. The third-order valence-electron chi connectivity index (χ3n) is 9.43. The minimum absolute atomic E-state index is 0. The molecule has 0 fully saturated rings. The zero-order valence-corrected chi connectivity index (χ0v) is 35.3. The second-order valence-corrected chi connectivity index (χ2v) is 14.1. The molecule has 0 bridgehead atoms. The van der Waals surface area contributed by atoms with E-state index in [1.807, 2.05) is 0 Å². The topological polar surface area (TPSA) is 25.3 Å². The van der Waals surface area contributed by atoms with Crippen molar-refractivity contribution >= 4 is 11.4 Å². The van der Waals surface area contributed by atoms with E-state index in [9.17, 15) is 5.53 Å². The van der Waals surface area contributed by atoms with E-state index in [-0.39, 0.29) is 16.5 Å². The summed E-state index contributed by atoms with van der Waals surface area (Å²) >= 11 is 0. The van der Waals surface area contributed by atoms with E-state index >= 15 is 0 Å². The molecule has 2 aromatic carbocycles. The zero-order chi connectivity index (χ0) is 37.4. The third kappa shape index (κ3) is 21.3. The van der Waals surface area contributed by atoms with Crippen molar-refractivity contribution in [2.45, 2.75) is 189 Å². The molecule has 0 amide bonds. The first-order chi connectivity index (χ1) is 25.0. The zero-order valence-electron chi connectivity index (χ0n) is 34.3. The SMILES string of the molecule is CCCCCCCC#CCCCc1ccccc1C1=C(CCCCCCCC)C=C(c2ccc(CCCCC)cc2)[N+]1=[N-].[CH2-]CCC.[CH2-]CCC.[Ni+2]. The van der Waals surface area contributed by atoms with Crippen molar-refractivity contribution in [3.8, 4) is 11.8 Å². The van der Waals surface area contributed by atoms with Crippen molar-refractivity contribution in [1.29, 1.82) is 0 Å². The molecular weight excluding hydrogens is 675 g/mol. The van der Waals surface area contributed by atoms with Gasteiger partial charge >= 0.3 is 16.5 Å². The van der Waals surface area contributed by atoms with Gasteiger partial charge in [0.2, 0.25) is 11.4 Å². The first kappa shape index (κ1) is 49.6. The van der Waals surface area contributed by atoms with Crippen molar-refractivity contribution in [1.82, 2.24) is 0 Å². The summed E-state index contributed by atoms with van der Waals surface area (Å²) in [6, 6.07) is 17.6. The molecule has 0 atom stereocenters. The van der Waals surface area contributed by atoms with E-state index in [4.69, 9.17) is 0 Å². The maximum atomic E-state index is 11.7. The maximum absolute atomic E-state index is 11.7. The fourth-order valence-electron chi connectivity index (χ4n) is 6.08. The molecule has 0 N–H and O–H groups in total. The molecular formula is C49H76N2Ni. The number of unbranched alkanes of at least 4 members (excludes halogenated alkanes) is 15. The van der Waals surface area contributed by atoms with Crippen LogP contribution in [0, 0.1) is 25.7 Å². The van der Waals surface area contributed by atoms with Gasteiger partial charge in [0.05, 0.1) is 0 Å². The van der Waals surface area contributed by atoms with E-state index < -0.39 is 0 Å². The van der Waals surface area contributed by atoms with Crippen LogP contribution >= 0.6 is 0 Å². The molecule has 2 aromatic rings. The largest absolute Gasteiger partial charge is 2.00 e. The van der Waals surface area contributed by atoms with Gasteiger partial charge in [0.15, 0.2) is 0 Å². The Morgan fingerprint density at radius 1 is 0.558 bits per heavy atom. The predicted molar refractivity (Wildman–Crippen MR) is 227 cm³/mol. The second kappa shape index (κ2) is 34.3. The molecule has 1 aliphatic rings. The van der Waals surface area contributed by atoms with Gasteiger partial charge in [-0.05, 0) is 74.3 Å². The third-order valence-corrected chi connectivity index (χ3v) is 9.43. The molecule has 3 heteroatoms. The van der Waals surface area contributed by atoms with Gasteiger partial charge in [0, 0.05) is 35.6 Å². The van der Waals surface area contributed by atoms with E-state index in [0.717, 1.165) is 80.3 Å². The Hall–Kier alpha value is -2.43. The number of benzene rings is 2. The van der Waals surface area contributed by atoms with Gasteiger partial charge in [-0.3, -0.25) is 0 Å². The summed E-state index contributed by atoms with van der Waals surface area (Å²) < 4.78 is 1.48. The summed E-state index contributed by atoms with van der Waals surface area (Å²) in [4.78, 5) is 0. The van der Waals surface area contributed by atoms with Crippen LogP contribution < -0.4 is 0 Å². The quantitative estimate of drug-likeness (QED) is 0.0355. The molecule has 3 rings (SSSR count). The van der Waals surface area contributed by atoms with E-state index in [1.54, 1.807) is 0 Å². The van der Waals surface area contributed by atoms with Crippen LogP contribution in [0.3, 0.4) is 0 Å². The van der Waals surface area contributed by atoms with Crippen molar-refractivity contribution in [3.63, 3.8) is 0 Å². The molecule has 0 radical (unpaired) electrons. The molecule has 1 aliphatic heterocycles. The van der Waals surface area contributed by atoms with Gasteiger partial charge in [-0.1, -0.05) is 148 Å². The summed E-state index contributed by atoms with van der Waals surface area (Å²) in [5, 5.41) is 0. The van der Waals surface area contributed by atoms with Crippen LogP contribution in [0.5, 0.6) is 0 Å². The first-order valence-corrected chi connectivity index (χ1v) is 21.2. The number of aryl methyl sites for hydroxylation is 2. The molecule has 0 unspecified atom stereocenters. The number of hydrogen-bond donors (Lipinski definition) is 0. The molecule has 0 aromatic heterocycles. The second-order valence-electron chi connectivity index (χ2n) is 14.1. The molecule has 0 spiro atoms. The van der Waals surface area contributed by atoms with Crippen LogP contribution in [0.25, 0.3) is 16.9 Å². The molecule has 52 heavy (non-hydrogen) atoms. The van der Waals surface area contributed by atoms with Gasteiger partial charge in [-0.2, -0.15) is 12.8 Å². The van der Waals surface area contributed by atoms with Gasteiger partial charge in [0.25, 0.3) is 0 Å². The first-order valence-electron chi connectivity index (χ1n) is 21.2. The Labute approximate surface area is 333 Å². The Balaban J connectivity index is 0.00000261. The van der Waals surface area contributed by atoms with E-state index in [0.29, 0.717) is 0 Å². The van der Waals surface area contributed by atoms with Crippen molar-refractivity contribution in [2.75, 3.05) is 0 Å². The standard InChI is InChI=1S/C41H58N2.2C4H9.Ni/c1-4-7-10-12-14-15-16-17-19-21-26-36-27-23-24-29-39(36)41-38(28-22-18-13-11-8-5-2)34-40(43(41)42)37-32-30-35(31-33-37)25-20-9-6-3;2*1-3-4-2;/h23-24,27,29-34H,4-15,18-22,25-26,28H2,1-3H3;2*1,3-4H2,2H3;/q;2*-1;+2. The predicted octanol–water partition coefficient (Wildman–Crippen LogP) is 15.9.